The predicted octanol–water partition coefficient (Wildman–Crippen LogP) is 12.4. The number of fused-ring (bicyclic) bond motifs is 5. The van der Waals surface area contributed by atoms with Crippen LogP contribution in [0, 0.1) is 46.3 Å². The van der Waals surface area contributed by atoms with Crippen molar-refractivity contribution in [1.29, 1.82) is 0 Å². The second kappa shape index (κ2) is 29.7. The van der Waals surface area contributed by atoms with E-state index in [2.05, 4.69) is 63.1 Å². The maximum atomic E-state index is 15.2. The Morgan fingerprint density at radius 2 is 1.35 bits per heavy atom. The van der Waals surface area contributed by atoms with E-state index in [1.165, 1.54) is 28.1 Å². The Kier molecular flexibility index (Phi) is 27.0. The molecule has 2 aromatic rings. The van der Waals surface area contributed by atoms with Crippen molar-refractivity contribution in [2.45, 2.75) is 180 Å². The number of Topliss-reactive ketones (excluding diaryl/α,β-unsaturated/α-hetero) is 2. The molecule has 2 bridgehead atoms. The van der Waals surface area contributed by atoms with Gasteiger partial charge < -0.3 is 28.4 Å². The summed E-state index contributed by atoms with van der Waals surface area (Å²) in [6.07, 6.45) is 2.14. The highest BCUT2D eigenvalue weighted by atomic mass is 16.6. The van der Waals surface area contributed by atoms with Gasteiger partial charge in [0, 0.05) is 57.6 Å². The molecule has 2 aromatic carbocycles. The zero-order valence-corrected chi connectivity index (χ0v) is 47.2. The zero-order chi connectivity index (χ0) is 54.6. The standard InChI is InChI=1S/C42H54O6.C6H12O2.C4H8O2.C3H6O2.2C2H6/c1-9-41(6)32-21-34(48-40(45)25(3)24(2)28-16-12-10-13-17-28)26(4)37(41)27(5)39(44)42(7)36(46-8)22-35-31(23-47-35)38(42)30(32)20-33(43)29-18-14-11-15-19-29;1-5(7)8-6(2,3)4;1-3-4(5)6-2;1-3(4)5-2;2*1-2/h10-19,24-25,27,30-32,34-36,38H,9,20-23H2,1-8H3;1-4H3;3H2,1-2H3;1-2H3;2*1-2H3/t24?,25-,27?,30-,31-,32?,34+,35-,36?,38?,41-,42-;;;;;/m1...../s1. The van der Waals surface area contributed by atoms with Crippen molar-refractivity contribution < 1.29 is 57.2 Å². The molecule has 71 heavy (non-hydrogen) atoms. The third kappa shape index (κ3) is 16.4. The fraction of sp³-hybridized carbons (Fsp3) is 0.661. The van der Waals surface area contributed by atoms with E-state index >= 15 is 4.79 Å². The summed E-state index contributed by atoms with van der Waals surface area (Å²) < 4.78 is 32.0. The largest absolute Gasteiger partial charge is 0.469 e. The Hall–Kier alpha value is -4.68. The number of ketones is 2. The fourth-order valence-corrected chi connectivity index (χ4v) is 11.2. The molecule has 0 spiro atoms. The van der Waals surface area contributed by atoms with Gasteiger partial charge >= 0.3 is 23.9 Å². The van der Waals surface area contributed by atoms with Crippen LogP contribution in [0.4, 0.5) is 0 Å². The van der Waals surface area contributed by atoms with Crippen LogP contribution in [-0.4, -0.2) is 87.3 Å². The molecule has 0 N–H and O–H groups in total. The molecule has 12 heteroatoms. The smallest absolute Gasteiger partial charge is 0.309 e. The number of hydrogen-bond donors (Lipinski definition) is 0. The van der Waals surface area contributed by atoms with Crippen molar-refractivity contribution in [1.82, 2.24) is 0 Å². The van der Waals surface area contributed by atoms with Gasteiger partial charge in [-0.25, -0.2) is 0 Å². The van der Waals surface area contributed by atoms with E-state index in [-0.39, 0.29) is 100 Å². The molecule has 0 amide bonds. The number of ether oxygens (including phenoxy) is 6. The Morgan fingerprint density at radius 3 is 1.75 bits per heavy atom. The van der Waals surface area contributed by atoms with Gasteiger partial charge in [0.05, 0.1) is 44.4 Å². The van der Waals surface area contributed by atoms with E-state index in [1.807, 2.05) is 104 Å². The van der Waals surface area contributed by atoms with Gasteiger partial charge in [-0.15, -0.1) is 0 Å². The van der Waals surface area contributed by atoms with Crippen LogP contribution < -0.4 is 0 Å². The van der Waals surface area contributed by atoms with Gasteiger partial charge in [0.15, 0.2) is 5.78 Å². The third-order valence-corrected chi connectivity index (χ3v) is 14.9. The topological polar surface area (TPSA) is 158 Å². The lowest BCUT2D eigenvalue weighted by Gasteiger charge is -2.64. The van der Waals surface area contributed by atoms with Crippen LogP contribution in [0.5, 0.6) is 0 Å². The van der Waals surface area contributed by atoms with Crippen LogP contribution in [0.15, 0.2) is 71.8 Å². The summed E-state index contributed by atoms with van der Waals surface area (Å²) in [4.78, 5) is 73.1. The van der Waals surface area contributed by atoms with E-state index in [0.29, 0.717) is 37.9 Å². The van der Waals surface area contributed by atoms with Crippen molar-refractivity contribution in [2.24, 2.45) is 46.3 Å². The monoisotopic (exact) mass is 993 g/mol. The van der Waals surface area contributed by atoms with E-state index in [9.17, 15) is 24.0 Å². The van der Waals surface area contributed by atoms with Crippen molar-refractivity contribution in [3.05, 3.63) is 82.9 Å². The first-order chi connectivity index (χ1) is 33.4. The molecule has 12 nitrogen and oxygen atoms in total. The second-order valence-corrected chi connectivity index (χ2v) is 20.0. The average Bonchev–Trinajstić information content (AvgIpc) is 3.35. The first-order valence-corrected chi connectivity index (χ1v) is 25.9. The summed E-state index contributed by atoms with van der Waals surface area (Å²) in [7, 11) is 4.44. The summed E-state index contributed by atoms with van der Waals surface area (Å²) in [6.45, 7) is 33.4. The Morgan fingerprint density at radius 1 is 0.817 bits per heavy atom. The molecular weight excluding hydrogens is 901 g/mol. The van der Waals surface area contributed by atoms with Crippen LogP contribution in [0.2, 0.25) is 0 Å². The number of hydrogen-bond acceptors (Lipinski definition) is 12. The minimum absolute atomic E-state index is 0.00486. The molecule has 1 heterocycles. The number of carbonyl (C=O) groups excluding carboxylic acids is 6. The highest BCUT2D eigenvalue weighted by Crippen LogP contribution is 2.65. The summed E-state index contributed by atoms with van der Waals surface area (Å²) in [6, 6.07) is 19.6. The molecule has 4 aliphatic rings. The van der Waals surface area contributed by atoms with E-state index in [1.54, 1.807) is 14.0 Å². The first kappa shape index (κ1) is 64.3. The van der Waals surface area contributed by atoms with E-state index in [4.69, 9.17) is 18.9 Å². The third-order valence-electron chi connectivity index (χ3n) is 14.9. The van der Waals surface area contributed by atoms with Crippen LogP contribution >= 0.6 is 0 Å². The molecule has 0 aromatic heterocycles. The highest BCUT2D eigenvalue weighted by Gasteiger charge is 2.67. The number of esters is 4. The Balaban J connectivity index is 0.000000917. The SMILES string of the molecule is CC.CC.CC(=O)OC(C)(C)C.CCC(=O)OC.CC[C@@]1(C)C2=C(C)[C@@H](OC(=O)[C@H](C)C(C)c3ccccc3)CC1[C@@H](CC(=O)c1ccccc1)C1[C@@H]3CO[C@@H]3CC(OC)[C@@]1(C)C(=O)C2C.COC(C)=O. The molecule has 6 rings (SSSR count). The van der Waals surface area contributed by atoms with Gasteiger partial charge in [0.2, 0.25) is 0 Å². The molecule has 1 aliphatic heterocycles. The lowest BCUT2D eigenvalue weighted by molar-refractivity contribution is -0.246. The highest BCUT2D eigenvalue weighted by molar-refractivity contribution is 5.96. The lowest BCUT2D eigenvalue weighted by Crippen LogP contribution is -2.68. The minimum atomic E-state index is -0.789. The fourth-order valence-electron chi connectivity index (χ4n) is 11.2. The first-order valence-electron chi connectivity index (χ1n) is 25.9. The van der Waals surface area contributed by atoms with Crippen LogP contribution in [-0.2, 0) is 52.4 Å². The number of carbonyl (C=O) groups is 6. The van der Waals surface area contributed by atoms with Crippen molar-refractivity contribution >= 4 is 35.4 Å². The van der Waals surface area contributed by atoms with E-state index < -0.39 is 11.5 Å². The summed E-state index contributed by atoms with van der Waals surface area (Å²) in [5, 5.41) is 0. The minimum Gasteiger partial charge on any atom is -0.469 e. The van der Waals surface area contributed by atoms with Gasteiger partial charge in [-0.3, -0.25) is 28.8 Å². The number of allylic oxidation sites excluding steroid dienone is 1. The normalized spacial score (nSPS) is 27.7. The molecule has 3 fully saturated rings. The molecule has 3 aliphatic carbocycles. The molecule has 1 saturated heterocycles. The molecule has 2 saturated carbocycles. The summed E-state index contributed by atoms with van der Waals surface area (Å²) >= 11 is 0. The molecule has 5 unspecified atom stereocenters. The van der Waals surface area contributed by atoms with E-state index in [0.717, 1.165) is 23.1 Å². The van der Waals surface area contributed by atoms with Crippen molar-refractivity contribution in [2.75, 3.05) is 27.9 Å². The summed E-state index contributed by atoms with van der Waals surface area (Å²) in [5.74, 6) is -1.41. The van der Waals surface area contributed by atoms with Gasteiger partial charge in [0.1, 0.15) is 17.5 Å². The number of benzene rings is 2. The van der Waals surface area contributed by atoms with Crippen molar-refractivity contribution in [3.63, 3.8) is 0 Å². The molecule has 400 valence electrons. The van der Waals surface area contributed by atoms with Crippen molar-refractivity contribution in [3.8, 4) is 0 Å². The Labute approximate surface area is 428 Å². The zero-order valence-electron chi connectivity index (χ0n) is 47.2. The van der Waals surface area contributed by atoms with Crippen LogP contribution in [0.3, 0.4) is 0 Å². The lowest BCUT2D eigenvalue weighted by atomic mass is 9.43. The maximum absolute atomic E-state index is 15.2. The maximum Gasteiger partial charge on any atom is 0.309 e. The molecule has 12 atom stereocenters. The number of methoxy groups -OCH3 is 3. The second-order valence-electron chi connectivity index (χ2n) is 20.0. The summed E-state index contributed by atoms with van der Waals surface area (Å²) in [5.41, 5.74) is 2.40. The average molecular weight is 993 g/mol. The molecule has 0 radical (unpaired) electrons. The Bertz CT molecular complexity index is 2020. The van der Waals surface area contributed by atoms with Gasteiger partial charge in [-0.2, -0.15) is 0 Å². The van der Waals surface area contributed by atoms with Gasteiger partial charge in [0.25, 0.3) is 0 Å². The quantitative estimate of drug-likeness (QED) is 0.0961. The van der Waals surface area contributed by atoms with Crippen LogP contribution in [0.1, 0.15) is 172 Å². The van der Waals surface area contributed by atoms with Crippen LogP contribution in [0.25, 0.3) is 0 Å². The predicted molar refractivity (Wildman–Crippen MR) is 281 cm³/mol. The van der Waals surface area contributed by atoms with Gasteiger partial charge in [-0.1, -0.05) is 135 Å². The molecular formula is C59H92O12. The van der Waals surface area contributed by atoms with Gasteiger partial charge in [-0.05, 0) is 87.7 Å². The number of rotatable bonds is 10.